The van der Waals surface area contributed by atoms with Crippen LogP contribution in [0.15, 0.2) is 48.5 Å². The minimum absolute atomic E-state index is 0.102. The van der Waals surface area contributed by atoms with E-state index in [0.717, 1.165) is 41.5 Å². The second kappa shape index (κ2) is 7.97. The lowest BCUT2D eigenvalue weighted by Crippen LogP contribution is -2.49. The highest BCUT2D eigenvalue weighted by Gasteiger charge is 2.49. The van der Waals surface area contributed by atoms with Crippen LogP contribution in [0, 0.1) is 5.41 Å². The molecule has 7 heteroatoms. The van der Waals surface area contributed by atoms with Gasteiger partial charge < -0.3 is 20.1 Å². The lowest BCUT2D eigenvalue weighted by atomic mass is 9.98. The molecule has 1 heterocycles. The number of likely N-dealkylation sites (tertiary alicyclic amines) is 1. The molecule has 1 saturated heterocycles. The molecule has 3 aliphatic rings. The molecule has 32 heavy (non-hydrogen) atoms. The van der Waals surface area contributed by atoms with Gasteiger partial charge in [0.1, 0.15) is 12.6 Å². The minimum atomic E-state index is -1.14. The highest BCUT2D eigenvalue weighted by molar-refractivity contribution is 5.89. The first-order chi connectivity index (χ1) is 15.5. The Balaban J connectivity index is 1.25. The van der Waals surface area contributed by atoms with E-state index in [0.29, 0.717) is 13.1 Å². The van der Waals surface area contributed by atoms with E-state index in [1.807, 2.05) is 36.4 Å². The van der Waals surface area contributed by atoms with Crippen LogP contribution in [0.5, 0.6) is 0 Å². The Kier molecular flexibility index (Phi) is 5.12. The van der Waals surface area contributed by atoms with Crippen LogP contribution in [0.1, 0.15) is 42.7 Å². The third kappa shape index (κ3) is 3.83. The van der Waals surface area contributed by atoms with E-state index in [2.05, 4.69) is 17.4 Å². The number of carboxylic acid groups (broad SMARTS) is 1. The molecule has 0 bridgehead atoms. The molecule has 2 aromatic carbocycles. The highest BCUT2D eigenvalue weighted by Crippen LogP contribution is 2.52. The average Bonchev–Trinajstić information content (AvgIpc) is 3.29. The Morgan fingerprint density at radius 3 is 2.22 bits per heavy atom. The van der Waals surface area contributed by atoms with Crippen molar-refractivity contribution in [1.82, 2.24) is 10.2 Å². The van der Waals surface area contributed by atoms with Gasteiger partial charge in [0.15, 0.2) is 0 Å². The Bertz CT molecular complexity index is 1030. The van der Waals surface area contributed by atoms with Crippen LogP contribution in [-0.2, 0) is 14.3 Å². The molecule has 0 radical (unpaired) electrons. The van der Waals surface area contributed by atoms with Crippen molar-refractivity contribution in [2.45, 2.75) is 37.6 Å². The van der Waals surface area contributed by atoms with Gasteiger partial charge in [-0.05, 0) is 46.9 Å². The van der Waals surface area contributed by atoms with E-state index in [1.165, 1.54) is 0 Å². The number of carbonyl (C=O) groups excluding carboxylic acids is 2. The normalized spacial score (nSPS) is 18.7. The molecule has 1 spiro atoms. The van der Waals surface area contributed by atoms with Gasteiger partial charge in [-0.15, -0.1) is 0 Å². The van der Waals surface area contributed by atoms with Gasteiger partial charge in [0, 0.05) is 19.0 Å². The number of carbonyl (C=O) groups is 3. The summed E-state index contributed by atoms with van der Waals surface area (Å²) in [5.74, 6) is -1.58. The Morgan fingerprint density at radius 1 is 1.03 bits per heavy atom. The Hall–Kier alpha value is -3.35. The molecule has 2 N–H and O–H groups in total. The van der Waals surface area contributed by atoms with E-state index in [4.69, 9.17) is 4.74 Å². The van der Waals surface area contributed by atoms with Gasteiger partial charge in [-0.2, -0.15) is 0 Å². The molecule has 2 aliphatic carbocycles. The molecular formula is C25H26N2O5. The van der Waals surface area contributed by atoms with Crippen molar-refractivity contribution < 1.29 is 24.2 Å². The third-order valence-corrected chi connectivity index (χ3v) is 7.02. The van der Waals surface area contributed by atoms with E-state index in [-0.39, 0.29) is 23.8 Å². The second-order valence-corrected chi connectivity index (χ2v) is 9.13. The Labute approximate surface area is 186 Å². The summed E-state index contributed by atoms with van der Waals surface area (Å²) < 4.78 is 5.50. The van der Waals surface area contributed by atoms with Crippen molar-refractivity contribution >= 4 is 18.0 Å². The topological polar surface area (TPSA) is 95.9 Å². The zero-order valence-electron chi connectivity index (χ0n) is 17.8. The van der Waals surface area contributed by atoms with Crippen molar-refractivity contribution in [3.05, 3.63) is 59.7 Å². The summed E-state index contributed by atoms with van der Waals surface area (Å²) in [6.07, 6.45) is 1.93. The Morgan fingerprint density at radius 2 is 1.66 bits per heavy atom. The number of nitrogens with one attached hydrogen (secondary N) is 1. The molecule has 7 nitrogen and oxygen atoms in total. The number of rotatable bonds is 6. The number of fused-ring (bicyclic) bond motifs is 3. The van der Waals surface area contributed by atoms with Crippen LogP contribution in [-0.4, -0.2) is 53.7 Å². The van der Waals surface area contributed by atoms with E-state index >= 15 is 0 Å². The van der Waals surface area contributed by atoms with Crippen LogP contribution in [0.4, 0.5) is 4.79 Å². The molecule has 2 aromatic rings. The maximum Gasteiger partial charge on any atom is 0.407 e. The zero-order chi connectivity index (χ0) is 22.3. The van der Waals surface area contributed by atoms with Crippen molar-refractivity contribution in [3.8, 4) is 11.1 Å². The largest absolute Gasteiger partial charge is 0.481 e. The SMILES string of the molecule is O=C(O)CC(NC(=O)OCC1c2ccccc2-c2ccccc21)C(=O)N1CCC2(CC2)C1. The third-order valence-electron chi connectivity index (χ3n) is 7.02. The number of ether oxygens (including phenoxy) is 1. The highest BCUT2D eigenvalue weighted by atomic mass is 16.5. The maximum atomic E-state index is 12.9. The van der Waals surface area contributed by atoms with Crippen molar-refractivity contribution in [3.63, 3.8) is 0 Å². The van der Waals surface area contributed by atoms with Gasteiger partial charge in [-0.3, -0.25) is 9.59 Å². The lowest BCUT2D eigenvalue weighted by Gasteiger charge is -2.23. The van der Waals surface area contributed by atoms with Crippen molar-refractivity contribution in [2.75, 3.05) is 19.7 Å². The summed E-state index contributed by atoms with van der Waals surface area (Å²) >= 11 is 0. The smallest absolute Gasteiger partial charge is 0.407 e. The molecule has 5 rings (SSSR count). The molecule has 1 atom stereocenters. The quantitative estimate of drug-likeness (QED) is 0.727. The zero-order valence-corrected chi connectivity index (χ0v) is 17.8. The van der Waals surface area contributed by atoms with Crippen LogP contribution < -0.4 is 5.32 Å². The van der Waals surface area contributed by atoms with E-state index < -0.39 is 24.5 Å². The molecule has 0 aromatic heterocycles. The summed E-state index contributed by atoms with van der Waals surface area (Å²) in [4.78, 5) is 38.5. The maximum absolute atomic E-state index is 12.9. The standard InChI is InChI=1S/C25H26N2O5/c28-22(29)13-21(23(30)27-12-11-25(15-27)9-10-25)26-24(31)32-14-20-18-7-3-1-5-16(18)17-6-2-4-8-19(17)20/h1-8,20-21H,9-15H2,(H,26,31)(H,28,29). The number of hydrogen-bond donors (Lipinski definition) is 2. The molecule has 2 amide bonds. The van der Waals surface area contributed by atoms with Crippen LogP contribution >= 0.6 is 0 Å². The average molecular weight is 434 g/mol. The fourth-order valence-corrected chi connectivity index (χ4v) is 5.09. The van der Waals surface area contributed by atoms with Crippen LogP contribution in [0.2, 0.25) is 0 Å². The monoisotopic (exact) mass is 434 g/mol. The number of hydrogen-bond acceptors (Lipinski definition) is 4. The van der Waals surface area contributed by atoms with E-state index in [1.54, 1.807) is 4.90 Å². The molecule has 1 saturated carbocycles. The summed E-state index contributed by atoms with van der Waals surface area (Å²) in [6.45, 7) is 1.37. The summed E-state index contributed by atoms with van der Waals surface area (Å²) in [5.41, 5.74) is 4.66. The van der Waals surface area contributed by atoms with E-state index in [9.17, 15) is 19.5 Å². The number of aliphatic carboxylic acids is 1. The van der Waals surface area contributed by atoms with Gasteiger partial charge in [-0.1, -0.05) is 48.5 Å². The van der Waals surface area contributed by atoms with Gasteiger partial charge in [-0.25, -0.2) is 4.79 Å². The molecule has 2 fully saturated rings. The predicted molar refractivity (Wildman–Crippen MR) is 117 cm³/mol. The van der Waals surface area contributed by atoms with Crippen molar-refractivity contribution in [1.29, 1.82) is 0 Å². The first-order valence-corrected chi connectivity index (χ1v) is 11.1. The van der Waals surface area contributed by atoms with Gasteiger partial charge in [0.2, 0.25) is 5.91 Å². The second-order valence-electron chi connectivity index (χ2n) is 9.13. The first-order valence-electron chi connectivity index (χ1n) is 11.1. The number of amides is 2. The summed E-state index contributed by atoms with van der Waals surface area (Å²) in [5, 5.41) is 11.8. The molecule has 1 aliphatic heterocycles. The number of carboxylic acids is 1. The van der Waals surface area contributed by atoms with Crippen LogP contribution in [0.25, 0.3) is 11.1 Å². The molecular weight excluding hydrogens is 408 g/mol. The fraction of sp³-hybridized carbons (Fsp3) is 0.400. The summed E-state index contributed by atoms with van der Waals surface area (Å²) in [7, 11) is 0. The predicted octanol–water partition coefficient (Wildman–Crippen LogP) is 3.38. The molecule has 166 valence electrons. The van der Waals surface area contributed by atoms with Crippen molar-refractivity contribution in [2.24, 2.45) is 5.41 Å². The summed E-state index contributed by atoms with van der Waals surface area (Å²) in [6, 6.07) is 14.9. The van der Waals surface area contributed by atoms with Gasteiger partial charge in [0.05, 0.1) is 6.42 Å². The lowest BCUT2D eigenvalue weighted by molar-refractivity contribution is -0.142. The minimum Gasteiger partial charge on any atom is -0.481 e. The fourth-order valence-electron chi connectivity index (χ4n) is 5.09. The van der Waals surface area contributed by atoms with Gasteiger partial charge in [0.25, 0.3) is 0 Å². The number of nitrogens with zero attached hydrogens (tertiary/aromatic N) is 1. The molecule has 1 unspecified atom stereocenters. The first kappa shape index (κ1) is 20.5. The number of alkyl carbamates (subject to hydrolysis) is 1. The van der Waals surface area contributed by atoms with Crippen LogP contribution in [0.3, 0.4) is 0 Å². The number of benzene rings is 2. The van der Waals surface area contributed by atoms with Gasteiger partial charge >= 0.3 is 12.1 Å².